The molecule has 76 valence electrons. The molecule has 0 saturated carbocycles. The molecule has 1 aliphatic heterocycles. The maximum atomic E-state index is 5.55. The Morgan fingerprint density at radius 1 is 1.38 bits per heavy atom. The Balaban J connectivity index is 2.00. The maximum Gasteiger partial charge on any atom is 0.158 e. The highest BCUT2D eigenvalue weighted by molar-refractivity contribution is 4.82. The summed E-state index contributed by atoms with van der Waals surface area (Å²) in [6.07, 6.45) is 8.09. The topological polar surface area (TPSA) is 18.5 Å². The summed E-state index contributed by atoms with van der Waals surface area (Å²) in [6.45, 7) is 6.58. The van der Waals surface area contributed by atoms with Crippen LogP contribution in [0.5, 0.6) is 0 Å². The van der Waals surface area contributed by atoms with Gasteiger partial charge in [-0.1, -0.05) is 32.3 Å². The minimum atomic E-state index is 0.0276. The van der Waals surface area contributed by atoms with Crippen LogP contribution in [0.1, 0.15) is 39.0 Å². The zero-order valence-electron chi connectivity index (χ0n) is 8.50. The van der Waals surface area contributed by atoms with Crippen molar-refractivity contribution in [2.24, 2.45) is 0 Å². The summed E-state index contributed by atoms with van der Waals surface area (Å²) in [7, 11) is 0. The largest absolute Gasteiger partial charge is 0.350 e. The van der Waals surface area contributed by atoms with Gasteiger partial charge in [0.15, 0.2) is 6.29 Å². The molecule has 0 aromatic carbocycles. The fourth-order valence-corrected chi connectivity index (χ4v) is 1.49. The van der Waals surface area contributed by atoms with E-state index in [-0.39, 0.29) is 12.4 Å². The predicted molar refractivity (Wildman–Crippen MR) is 53.6 cm³/mol. The number of hydrogen-bond donors (Lipinski definition) is 0. The summed E-state index contributed by atoms with van der Waals surface area (Å²) in [5.74, 6) is 0. The molecule has 0 radical (unpaired) electrons. The molecule has 13 heavy (non-hydrogen) atoms. The average molecular weight is 184 g/mol. The van der Waals surface area contributed by atoms with E-state index in [1.54, 1.807) is 0 Å². The lowest BCUT2D eigenvalue weighted by Gasteiger charge is -2.08. The Labute approximate surface area is 80.9 Å². The van der Waals surface area contributed by atoms with Crippen LogP contribution in [0.15, 0.2) is 12.7 Å². The van der Waals surface area contributed by atoms with Crippen molar-refractivity contribution in [2.75, 3.05) is 6.61 Å². The lowest BCUT2D eigenvalue weighted by molar-refractivity contribution is -0.0566. The van der Waals surface area contributed by atoms with Crippen molar-refractivity contribution in [1.82, 2.24) is 0 Å². The van der Waals surface area contributed by atoms with Crippen LogP contribution >= 0.6 is 0 Å². The molecule has 0 aromatic heterocycles. The summed E-state index contributed by atoms with van der Waals surface area (Å²) in [5, 5.41) is 0. The third kappa shape index (κ3) is 3.92. The molecule has 0 bridgehead atoms. The SMILES string of the molecule is C=CC1COC(CCCCCC)O1. The molecular weight excluding hydrogens is 164 g/mol. The van der Waals surface area contributed by atoms with E-state index in [9.17, 15) is 0 Å². The van der Waals surface area contributed by atoms with Crippen LogP contribution in [-0.4, -0.2) is 19.0 Å². The quantitative estimate of drug-likeness (QED) is 0.467. The van der Waals surface area contributed by atoms with Gasteiger partial charge in [0.1, 0.15) is 6.10 Å². The van der Waals surface area contributed by atoms with Crippen molar-refractivity contribution in [1.29, 1.82) is 0 Å². The van der Waals surface area contributed by atoms with E-state index in [4.69, 9.17) is 9.47 Å². The predicted octanol–water partition coefficient (Wildman–Crippen LogP) is 2.88. The molecule has 0 aliphatic carbocycles. The van der Waals surface area contributed by atoms with E-state index in [1.807, 2.05) is 6.08 Å². The molecule has 0 spiro atoms. The summed E-state index contributed by atoms with van der Waals surface area (Å²) in [6, 6.07) is 0. The molecule has 2 heteroatoms. The van der Waals surface area contributed by atoms with Gasteiger partial charge in [-0.2, -0.15) is 0 Å². The van der Waals surface area contributed by atoms with Gasteiger partial charge in [0, 0.05) is 0 Å². The van der Waals surface area contributed by atoms with Gasteiger partial charge < -0.3 is 9.47 Å². The Morgan fingerprint density at radius 2 is 2.23 bits per heavy atom. The fourth-order valence-electron chi connectivity index (χ4n) is 1.49. The van der Waals surface area contributed by atoms with Crippen LogP contribution in [0.2, 0.25) is 0 Å². The number of unbranched alkanes of at least 4 members (excludes halogenated alkanes) is 3. The van der Waals surface area contributed by atoms with E-state index in [1.165, 1.54) is 25.7 Å². The third-order valence-electron chi connectivity index (χ3n) is 2.33. The third-order valence-corrected chi connectivity index (χ3v) is 2.33. The highest BCUT2D eigenvalue weighted by atomic mass is 16.7. The van der Waals surface area contributed by atoms with Crippen LogP contribution in [0.4, 0.5) is 0 Å². The van der Waals surface area contributed by atoms with Gasteiger partial charge in [-0.05, 0) is 12.8 Å². The molecule has 1 fully saturated rings. The zero-order valence-corrected chi connectivity index (χ0v) is 8.50. The molecule has 0 amide bonds. The minimum Gasteiger partial charge on any atom is -0.350 e. The van der Waals surface area contributed by atoms with Crippen molar-refractivity contribution in [2.45, 2.75) is 51.4 Å². The van der Waals surface area contributed by atoms with Gasteiger partial charge in [-0.15, -0.1) is 6.58 Å². The van der Waals surface area contributed by atoms with Gasteiger partial charge in [-0.3, -0.25) is 0 Å². The first-order valence-corrected chi connectivity index (χ1v) is 5.26. The second-order valence-corrected chi connectivity index (χ2v) is 3.52. The smallest absolute Gasteiger partial charge is 0.158 e. The molecule has 2 nitrogen and oxygen atoms in total. The van der Waals surface area contributed by atoms with Crippen molar-refractivity contribution >= 4 is 0 Å². The fraction of sp³-hybridized carbons (Fsp3) is 0.818. The van der Waals surface area contributed by atoms with Crippen LogP contribution in [0, 0.1) is 0 Å². The Kier molecular flexibility index (Phi) is 5.09. The Hall–Kier alpha value is -0.340. The zero-order chi connectivity index (χ0) is 9.52. The molecule has 2 unspecified atom stereocenters. The van der Waals surface area contributed by atoms with E-state index >= 15 is 0 Å². The molecule has 0 aromatic rings. The first kappa shape index (κ1) is 10.7. The molecular formula is C11H20O2. The number of ether oxygens (including phenoxy) is 2. The van der Waals surface area contributed by atoms with E-state index in [2.05, 4.69) is 13.5 Å². The van der Waals surface area contributed by atoms with Crippen LogP contribution < -0.4 is 0 Å². The van der Waals surface area contributed by atoms with Gasteiger partial charge in [0.2, 0.25) is 0 Å². The van der Waals surface area contributed by atoms with E-state index in [0.717, 1.165) is 6.42 Å². The van der Waals surface area contributed by atoms with Crippen molar-refractivity contribution in [3.05, 3.63) is 12.7 Å². The summed E-state index contributed by atoms with van der Waals surface area (Å²) in [5.41, 5.74) is 0. The van der Waals surface area contributed by atoms with Gasteiger partial charge in [0.25, 0.3) is 0 Å². The second kappa shape index (κ2) is 6.17. The van der Waals surface area contributed by atoms with Gasteiger partial charge in [-0.25, -0.2) is 0 Å². The molecule has 2 atom stereocenters. The number of rotatable bonds is 6. The Morgan fingerprint density at radius 3 is 2.85 bits per heavy atom. The average Bonchev–Trinajstić information content (AvgIpc) is 2.60. The summed E-state index contributed by atoms with van der Waals surface area (Å²) >= 11 is 0. The highest BCUT2D eigenvalue weighted by Crippen LogP contribution is 2.17. The molecule has 1 aliphatic rings. The van der Waals surface area contributed by atoms with Crippen LogP contribution in [0.25, 0.3) is 0 Å². The number of hydrogen-bond acceptors (Lipinski definition) is 2. The lowest BCUT2D eigenvalue weighted by atomic mass is 10.1. The lowest BCUT2D eigenvalue weighted by Crippen LogP contribution is -2.09. The summed E-state index contributed by atoms with van der Waals surface area (Å²) in [4.78, 5) is 0. The first-order chi connectivity index (χ1) is 6.36. The van der Waals surface area contributed by atoms with E-state index < -0.39 is 0 Å². The standard InChI is InChI=1S/C11H20O2/c1-3-5-6-7-8-11-12-9-10(4-2)13-11/h4,10-11H,2-3,5-9H2,1H3. The minimum absolute atomic E-state index is 0.0276. The van der Waals surface area contributed by atoms with E-state index in [0.29, 0.717) is 6.61 Å². The van der Waals surface area contributed by atoms with Gasteiger partial charge >= 0.3 is 0 Å². The Bertz CT molecular complexity index is 145. The van der Waals surface area contributed by atoms with Crippen molar-refractivity contribution in [3.63, 3.8) is 0 Å². The molecule has 1 rings (SSSR count). The molecule has 1 heterocycles. The van der Waals surface area contributed by atoms with Crippen molar-refractivity contribution in [3.8, 4) is 0 Å². The van der Waals surface area contributed by atoms with Crippen LogP contribution in [-0.2, 0) is 9.47 Å². The summed E-state index contributed by atoms with van der Waals surface area (Å²) < 4.78 is 11.0. The van der Waals surface area contributed by atoms with Gasteiger partial charge in [0.05, 0.1) is 6.61 Å². The van der Waals surface area contributed by atoms with Crippen molar-refractivity contribution < 1.29 is 9.47 Å². The normalized spacial score (nSPS) is 27.8. The monoisotopic (exact) mass is 184 g/mol. The van der Waals surface area contributed by atoms with Crippen LogP contribution in [0.3, 0.4) is 0 Å². The highest BCUT2D eigenvalue weighted by Gasteiger charge is 2.22. The maximum absolute atomic E-state index is 5.55. The molecule has 0 N–H and O–H groups in total. The molecule has 1 saturated heterocycles. The first-order valence-electron chi connectivity index (χ1n) is 5.26. The second-order valence-electron chi connectivity index (χ2n) is 3.52.